The van der Waals surface area contributed by atoms with Gasteiger partial charge in [0.05, 0.1) is 13.2 Å². The minimum absolute atomic E-state index is 0.0280. The van der Waals surface area contributed by atoms with Gasteiger partial charge in [-0.15, -0.1) is 0 Å². The van der Waals surface area contributed by atoms with Gasteiger partial charge in [0.15, 0.2) is 0 Å². The normalized spacial score (nSPS) is 12.0. The van der Waals surface area contributed by atoms with Crippen LogP contribution in [0.1, 0.15) is 23.6 Å². The molecule has 25 heavy (non-hydrogen) atoms. The van der Waals surface area contributed by atoms with Crippen LogP contribution in [0.2, 0.25) is 5.02 Å². The molecule has 2 rings (SSSR count). The minimum atomic E-state index is 0.0280. The molecule has 0 saturated heterocycles. The third-order valence-electron chi connectivity index (χ3n) is 4.20. The smallest absolute Gasteiger partial charge is 0.220 e. The first-order chi connectivity index (χ1) is 12.0. The van der Waals surface area contributed by atoms with Gasteiger partial charge in [0, 0.05) is 18.0 Å². The molecule has 0 spiro atoms. The Bertz CT molecular complexity index is 686. The van der Waals surface area contributed by atoms with Gasteiger partial charge in [0.1, 0.15) is 5.75 Å². The molecule has 0 saturated carbocycles. The Labute approximate surface area is 154 Å². The Morgan fingerprint density at radius 3 is 2.44 bits per heavy atom. The highest BCUT2D eigenvalue weighted by molar-refractivity contribution is 6.31. The molecule has 0 radical (unpaired) electrons. The first-order valence-electron chi connectivity index (χ1n) is 8.31. The summed E-state index contributed by atoms with van der Waals surface area (Å²) >= 11 is 6.13. The predicted molar refractivity (Wildman–Crippen MR) is 102 cm³/mol. The van der Waals surface area contributed by atoms with E-state index in [9.17, 15) is 4.79 Å². The maximum absolute atomic E-state index is 12.2. The van der Waals surface area contributed by atoms with Gasteiger partial charge in [0.2, 0.25) is 5.91 Å². The van der Waals surface area contributed by atoms with E-state index in [0.717, 1.165) is 16.9 Å². The van der Waals surface area contributed by atoms with Crippen LogP contribution in [0.25, 0.3) is 0 Å². The number of nitrogens with zero attached hydrogens (tertiary/aromatic N) is 1. The van der Waals surface area contributed by atoms with Crippen LogP contribution in [-0.2, 0) is 11.2 Å². The zero-order chi connectivity index (χ0) is 18.2. The first-order valence-corrected chi connectivity index (χ1v) is 8.69. The van der Waals surface area contributed by atoms with E-state index in [1.54, 1.807) is 7.11 Å². The first kappa shape index (κ1) is 19.3. The molecule has 2 aromatic rings. The fourth-order valence-corrected chi connectivity index (χ4v) is 2.90. The van der Waals surface area contributed by atoms with Crippen LogP contribution < -0.4 is 10.1 Å². The second-order valence-corrected chi connectivity index (χ2v) is 6.56. The minimum Gasteiger partial charge on any atom is -0.497 e. The van der Waals surface area contributed by atoms with Crippen LogP contribution in [0.3, 0.4) is 0 Å². The van der Waals surface area contributed by atoms with Crippen molar-refractivity contribution in [3.05, 3.63) is 64.7 Å². The van der Waals surface area contributed by atoms with Crippen molar-refractivity contribution in [2.75, 3.05) is 27.7 Å². The number of hydrogen-bond acceptors (Lipinski definition) is 3. The van der Waals surface area contributed by atoms with Gasteiger partial charge in [0.25, 0.3) is 0 Å². The number of rotatable bonds is 8. The van der Waals surface area contributed by atoms with Gasteiger partial charge in [-0.25, -0.2) is 0 Å². The van der Waals surface area contributed by atoms with Crippen molar-refractivity contribution in [3.63, 3.8) is 0 Å². The lowest BCUT2D eigenvalue weighted by atomic mass is 10.1. The summed E-state index contributed by atoms with van der Waals surface area (Å²) in [4.78, 5) is 14.3. The highest BCUT2D eigenvalue weighted by Gasteiger charge is 2.15. The van der Waals surface area contributed by atoms with E-state index < -0.39 is 0 Å². The molecule has 2 aromatic carbocycles. The summed E-state index contributed by atoms with van der Waals surface area (Å²) in [7, 11) is 5.66. The number of carbonyl (C=O) groups excluding carboxylic acids is 1. The van der Waals surface area contributed by atoms with Crippen molar-refractivity contribution in [2.45, 2.75) is 18.9 Å². The zero-order valence-electron chi connectivity index (χ0n) is 15.0. The van der Waals surface area contributed by atoms with Crippen molar-refractivity contribution in [1.82, 2.24) is 10.2 Å². The summed E-state index contributed by atoms with van der Waals surface area (Å²) in [5.74, 6) is 0.852. The average Bonchev–Trinajstić information content (AvgIpc) is 2.61. The Morgan fingerprint density at radius 2 is 1.84 bits per heavy atom. The van der Waals surface area contributed by atoms with E-state index in [2.05, 4.69) is 10.2 Å². The molecule has 1 unspecified atom stereocenters. The molecule has 5 heteroatoms. The monoisotopic (exact) mass is 360 g/mol. The molecule has 0 fully saturated rings. The molecule has 0 aliphatic heterocycles. The number of likely N-dealkylation sites (N-methyl/N-ethyl adjacent to an activating group) is 1. The lowest BCUT2D eigenvalue weighted by Gasteiger charge is -2.25. The van der Waals surface area contributed by atoms with E-state index in [-0.39, 0.29) is 11.9 Å². The maximum Gasteiger partial charge on any atom is 0.220 e. The number of methoxy groups -OCH3 is 1. The van der Waals surface area contributed by atoms with Crippen LogP contribution in [-0.4, -0.2) is 38.6 Å². The Hall–Kier alpha value is -2.04. The van der Waals surface area contributed by atoms with E-state index in [1.165, 1.54) is 0 Å². The second-order valence-electron chi connectivity index (χ2n) is 6.15. The van der Waals surface area contributed by atoms with Crippen molar-refractivity contribution >= 4 is 17.5 Å². The summed E-state index contributed by atoms with van der Waals surface area (Å²) < 4.78 is 5.20. The molecule has 1 atom stereocenters. The van der Waals surface area contributed by atoms with E-state index in [0.29, 0.717) is 24.4 Å². The molecule has 0 aliphatic carbocycles. The van der Waals surface area contributed by atoms with Gasteiger partial charge in [-0.05, 0) is 49.8 Å². The highest BCUT2D eigenvalue weighted by Crippen LogP contribution is 2.21. The fourth-order valence-electron chi connectivity index (χ4n) is 2.67. The van der Waals surface area contributed by atoms with Crippen LogP contribution in [0.5, 0.6) is 5.75 Å². The lowest BCUT2D eigenvalue weighted by molar-refractivity contribution is -0.121. The van der Waals surface area contributed by atoms with Crippen molar-refractivity contribution in [1.29, 1.82) is 0 Å². The summed E-state index contributed by atoms with van der Waals surface area (Å²) in [6, 6.07) is 15.7. The number of ether oxygens (including phenoxy) is 1. The van der Waals surface area contributed by atoms with Crippen molar-refractivity contribution in [2.24, 2.45) is 0 Å². The average molecular weight is 361 g/mol. The summed E-state index contributed by atoms with van der Waals surface area (Å²) in [5.41, 5.74) is 2.14. The summed E-state index contributed by atoms with van der Waals surface area (Å²) in [5, 5.41) is 3.73. The number of nitrogens with one attached hydrogen (secondary N) is 1. The summed E-state index contributed by atoms with van der Waals surface area (Å²) in [6.45, 7) is 0.556. The van der Waals surface area contributed by atoms with Crippen molar-refractivity contribution < 1.29 is 9.53 Å². The number of aryl methyl sites for hydroxylation is 1. The van der Waals surface area contributed by atoms with Crippen LogP contribution >= 0.6 is 11.6 Å². The SMILES string of the molecule is COc1ccc(C(CNC(=O)CCc2ccccc2Cl)N(C)C)cc1. The molecule has 0 heterocycles. The van der Waals surface area contributed by atoms with Gasteiger partial charge in [-0.1, -0.05) is 41.9 Å². The van der Waals surface area contributed by atoms with Crippen LogP contribution in [0.4, 0.5) is 0 Å². The zero-order valence-corrected chi connectivity index (χ0v) is 15.7. The third-order valence-corrected chi connectivity index (χ3v) is 4.56. The molecule has 1 amide bonds. The third kappa shape index (κ3) is 5.76. The number of halogens is 1. The van der Waals surface area contributed by atoms with Gasteiger partial charge >= 0.3 is 0 Å². The lowest BCUT2D eigenvalue weighted by Crippen LogP contribution is -2.34. The summed E-state index contributed by atoms with van der Waals surface area (Å²) in [6.07, 6.45) is 1.06. The molecule has 0 aromatic heterocycles. The molecule has 0 bridgehead atoms. The second kappa shape index (κ2) is 9.44. The topological polar surface area (TPSA) is 41.6 Å². The molecular weight excluding hydrogens is 336 g/mol. The van der Waals surface area contributed by atoms with Crippen LogP contribution in [0.15, 0.2) is 48.5 Å². The van der Waals surface area contributed by atoms with Gasteiger partial charge in [-0.2, -0.15) is 0 Å². The molecule has 4 nitrogen and oxygen atoms in total. The van der Waals surface area contributed by atoms with E-state index in [4.69, 9.17) is 16.3 Å². The maximum atomic E-state index is 12.2. The Kier molecular flexibility index (Phi) is 7.29. The predicted octanol–water partition coefficient (Wildman–Crippen LogP) is 3.70. The number of benzene rings is 2. The highest BCUT2D eigenvalue weighted by atomic mass is 35.5. The van der Waals surface area contributed by atoms with Gasteiger partial charge in [-0.3, -0.25) is 4.79 Å². The fraction of sp³-hybridized carbons (Fsp3) is 0.350. The molecule has 134 valence electrons. The van der Waals surface area contributed by atoms with Crippen LogP contribution in [0, 0.1) is 0 Å². The van der Waals surface area contributed by atoms with Gasteiger partial charge < -0.3 is 15.0 Å². The Balaban J connectivity index is 1.89. The standard InChI is InChI=1S/C20H25ClN2O2/c1-23(2)19(16-8-11-17(25-3)12-9-16)14-22-20(24)13-10-15-6-4-5-7-18(15)21/h4-9,11-12,19H,10,13-14H2,1-3H3,(H,22,24). The Morgan fingerprint density at radius 1 is 1.16 bits per heavy atom. The number of amides is 1. The number of carbonyl (C=O) groups is 1. The van der Waals surface area contributed by atoms with Crippen molar-refractivity contribution in [3.8, 4) is 5.75 Å². The molecular formula is C20H25ClN2O2. The number of hydrogen-bond donors (Lipinski definition) is 1. The van der Waals surface area contributed by atoms with E-state index in [1.807, 2.05) is 62.6 Å². The largest absolute Gasteiger partial charge is 0.497 e. The molecule has 0 aliphatic rings. The molecule has 1 N–H and O–H groups in total. The quantitative estimate of drug-likeness (QED) is 0.780. The van der Waals surface area contributed by atoms with E-state index >= 15 is 0 Å².